The number of hydrogen-bond acceptors (Lipinski definition) is 3. The number of para-hydroxylation sites is 2. The number of benzene rings is 2. The van der Waals surface area contributed by atoms with Crippen molar-refractivity contribution in [2.45, 2.75) is 91.1 Å². The van der Waals surface area contributed by atoms with Crippen molar-refractivity contribution < 1.29 is 5.11 Å². The highest BCUT2D eigenvalue weighted by molar-refractivity contribution is 6.08. The van der Waals surface area contributed by atoms with E-state index in [1.54, 1.807) is 0 Å². The molecule has 4 bridgehead atoms. The highest BCUT2D eigenvalue weighted by Gasteiger charge is 2.60. The first-order valence-corrected chi connectivity index (χ1v) is 14.4. The monoisotopic (exact) mass is 484 g/mol. The summed E-state index contributed by atoms with van der Waals surface area (Å²) in [6, 6.07) is 17.1. The molecule has 6 rings (SSSR count). The minimum absolute atomic E-state index is 0.156. The van der Waals surface area contributed by atoms with Crippen molar-refractivity contribution in [3.05, 3.63) is 59.7 Å². The van der Waals surface area contributed by atoms with Crippen molar-refractivity contribution >= 4 is 22.8 Å². The quantitative estimate of drug-likeness (QED) is 0.358. The molecule has 4 aliphatic rings. The van der Waals surface area contributed by atoms with E-state index >= 15 is 0 Å². The summed E-state index contributed by atoms with van der Waals surface area (Å²) in [5.41, 5.74) is 5.96. The molecule has 0 atom stereocenters. The molecule has 0 aromatic heterocycles. The molecule has 4 fully saturated rings. The molecule has 192 valence electrons. The van der Waals surface area contributed by atoms with E-state index in [1.165, 1.54) is 43.2 Å². The first kappa shape index (κ1) is 25.4. The molecule has 0 spiro atoms. The highest BCUT2D eigenvalue weighted by atomic mass is 16.3. The second-order valence-electron chi connectivity index (χ2n) is 11.9. The zero-order valence-electron chi connectivity index (χ0n) is 22.7. The van der Waals surface area contributed by atoms with Gasteiger partial charge in [-0.3, -0.25) is 9.98 Å². The Hall–Kier alpha value is -2.26. The molecule has 2 aromatic rings. The van der Waals surface area contributed by atoms with Gasteiger partial charge in [-0.05, 0) is 106 Å². The summed E-state index contributed by atoms with van der Waals surface area (Å²) in [7, 11) is 0. The van der Waals surface area contributed by atoms with Crippen LogP contribution in [0.3, 0.4) is 0 Å². The Balaban J connectivity index is 1.60. The van der Waals surface area contributed by atoms with Gasteiger partial charge in [0.15, 0.2) is 0 Å². The number of aliphatic imine (C=N–C) groups is 2. The van der Waals surface area contributed by atoms with Gasteiger partial charge >= 0.3 is 0 Å². The molecule has 1 N–H and O–H groups in total. The third-order valence-electron chi connectivity index (χ3n) is 9.36. The van der Waals surface area contributed by atoms with E-state index in [2.05, 4.69) is 76.2 Å². The fourth-order valence-corrected chi connectivity index (χ4v) is 8.09. The van der Waals surface area contributed by atoms with Gasteiger partial charge in [0.2, 0.25) is 0 Å². The molecule has 0 saturated heterocycles. The predicted octanol–water partition coefficient (Wildman–Crippen LogP) is 8.28. The summed E-state index contributed by atoms with van der Waals surface area (Å²) in [6.45, 7) is 8.73. The van der Waals surface area contributed by atoms with Gasteiger partial charge in [-0.2, -0.15) is 0 Å². The standard InChI is InChI=1S/C33H44N2O/c1-5-11-26-13-7-9-15-30(26)34-22(3)32(23(4)35-31-16-10-8-14-27(31)12-6-2)33(36)28-18-24-17-25(20-28)21-29(33)19-24/h7-10,13-16,24-25,28-29,32,36H,5-6,11-12,17-21H2,1-4H3. The fraction of sp³-hybridized carbons (Fsp3) is 0.576. The maximum absolute atomic E-state index is 12.7. The largest absolute Gasteiger partial charge is 0.388 e. The number of aryl methyl sites for hydroxylation is 2. The first-order chi connectivity index (χ1) is 17.4. The minimum atomic E-state index is -0.756. The van der Waals surface area contributed by atoms with Crippen molar-refractivity contribution in [1.29, 1.82) is 0 Å². The van der Waals surface area contributed by atoms with E-state index in [9.17, 15) is 5.11 Å². The molecule has 4 saturated carbocycles. The van der Waals surface area contributed by atoms with Crippen LogP contribution >= 0.6 is 0 Å². The van der Waals surface area contributed by atoms with Gasteiger partial charge in [0, 0.05) is 11.4 Å². The van der Waals surface area contributed by atoms with Gasteiger partial charge in [-0.15, -0.1) is 0 Å². The Morgan fingerprint density at radius 3 is 1.58 bits per heavy atom. The highest BCUT2D eigenvalue weighted by Crippen LogP contribution is 2.60. The SMILES string of the molecule is CCCc1ccccc1N=C(C)C(C(C)=Nc1ccccc1CCC)C1(O)C2CC3CC(C2)CC1C3. The van der Waals surface area contributed by atoms with Crippen LogP contribution in [0, 0.1) is 29.6 Å². The van der Waals surface area contributed by atoms with Crippen LogP contribution in [0.1, 0.15) is 83.8 Å². The van der Waals surface area contributed by atoms with Crippen molar-refractivity contribution in [2.24, 2.45) is 39.6 Å². The van der Waals surface area contributed by atoms with Crippen LogP contribution < -0.4 is 0 Å². The van der Waals surface area contributed by atoms with Crippen molar-refractivity contribution in [2.75, 3.05) is 0 Å². The van der Waals surface area contributed by atoms with Crippen LogP contribution in [-0.4, -0.2) is 22.1 Å². The van der Waals surface area contributed by atoms with Gasteiger partial charge < -0.3 is 5.11 Å². The summed E-state index contributed by atoms with van der Waals surface area (Å²) in [4.78, 5) is 10.5. The van der Waals surface area contributed by atoms with E-state index < -0.39 is 5.60 Å². The Morgan fingerprint density at radius 2 is 1.17 bits per heavy atom. The maximum atomic E-state index is 12.7. The van der Waals surface area contributed by atoms with Crippen LogP contribution in [0.5, 0.6) is 0 Å². The number of aliphatic hydroxyl groups is 1. The first-order valence-electron chi connectivity index (χ1n) is 14.4. The molecule has 0 radical (unpaired) electrons. The van der Waals surface area contributed by atoms with Crippen molar-refractivity contribution in [3.63, 3.8) is 0 Å². The molecule has 0 aliphatic heterocycles. The van der Waals surface area contributed by atoms with E-state index in [4.69, 9.17) is 9.98 Å². The Bertz CT molecular complexity index is 1040. The van der Waals surface area contributed by atoms with Gasteiger partial charge in [0.1, 0.15) is 0 Å². The maximum Gasteiger partial charge on any atom is 0.0836 e. The van der Waals surface area contributed by atoms with Crippen LogP contribution in [0.4, 0.5) is 11.4 Å². The molecular formula is C33H44N2O. The lowest BCUT2D eigenvalue weighted by atomic mass is 9.46. The normalized spacial score (nSPS) is 30.6. The summed E-state index contributed by atoms with van der Waals surface area (Å²) < 4.78 is 0. The molecule has 0 amide bonds. The zero-order valence-corrected chi connectivity index (χ0v) is 22.7. The minimum Gasteiger partial charge on any atom is -0.388 e. The average molecular weight is 485 g/mol. The van der Waals surface area contributed by atoms with Crippen molar-refractivity contribution in [3.8, 4) is 0 Å². The van der Waals surface area contributed by atoms with Crippen LogP contribution in [0.25, 0.3) is 0 Å². The predicted molar refractivity (Wildman–Crippen MR) is 152 cm³/mol. The second-order valence-corrected chi connectivity index (χ2v) is 11.9. The lowest BCUT2D eigenvalue weighted by molar-refractivity contribution is -0.179. The number of nitrogens with zero attached hydrogens (tertiary/aromatic N) is 2. The summed E-state index contributed by atoms with van der Waals surface area (Å²) in [6.07, 6.45) is 10.3. The summed E-state index contributed by atoms with van der Waals surface area (Å²) in [5.74, 6) is 2.16. The topological polar surface area (TPSA) is 45.0 Å². The van der Waals surface area contributed by atoms with Gasteiger partial charge in [0.05, 0.1) is 22.9 Å². The van der Waals surface area contributed by atoms with Crippen LogP contribution in [0.15, 0.2) is 58.5 Å². The Morgan fingerprint density at radius 1 is 0.750 bits per heavy atom. The molecule has 0 heterocycles. The van der Waals surface area contributed by atoms with E-state index in [0.29, 0.717) is 11.8 Å². The second kappa shape index (κ2) is 10.6. The molecule has 3 nitrogen and oxygen atoms in total. The van der Waals surface area contributed by atoms with Gasteiger partial charge in [0.25, 0.3) is 0 Å². The molecule has 3 heteroatoms. The third-order valence-corrected chi connectivity index (χ3v) is 9.36. The van der Waals surface area contributed by atoms with Crippen LogP contribution in [-0.2, 0) is 12.8 Å². The average Bonchev–Trinajstić information content (AvgIpc) is 2.85. The van der Waals surface area contributed by atoms with Crippen molar-refractivity contribution in [1.82, 2.24) is 0 Å². The molecule has 4 aliphatic carbocycles. The van der Waals surface area contributed by atoms with E-state index in [-0.39, 0.29) is 5.92 Å². The third kappa shape index (κ3) is 4.72. The van der Waals surface area contributed by atoms with E-state index in [1.807, 2.05) is 0 Å². The van der Waals surface area contributed by atoms with Gasteiger partial charge in [-0.1, -0.05) is 63.1 Å². The Kier molecular flexibility index (Phi) is 7.49. The molecule has 0 unspecified atom stereocenters. The summed E-state index contributed by atoms with van der Waals surface area (Å²) in [5, 5.41) is 12.7. The number of hydrogen-bond donors (Lipinski definition) is 1. The smallest absolute Gasteiger partial charge is 0.0836 e. The van der Waals surface area contributed by atoms with Gasteiger partial charge in [-0.25, -0.2) is 0 Å². The molecular weight excluding hydrogens is 440 g/mol. The summed E-state index contributed by atoms with van der Waals surface area (Å²) >= 11 is 0. The molecule has 2 aromatic carbocycles. The lowest BCUT2D eigenvalue weighted by Gasteiger charge is -2.61. The zero-order chi connectivity index (χ0) is 25.3. The fourth-order valence-electron chi connectivity index (χ4n) is 8.09. The Labute approximate surface area is 218 Å². The van der Waals surface area contributed by atoms with E-state index in [0.717, 1.165) is 60.3 Å². The van der Waals surface area contributed by atoms with Crippen LogP contribution in [0.2, 0.25) is 0 Å². The number of rotatable bonds is 9. The molecule has 36 heavy (non-hydrogen) atoms. The lowest BCUT2D eigenvalue weighted by Crippen LogP contribution is -2.63.